The molecule has 1 atom stereocenters. The van der Waals surface area contributed by atoms with Gasteiger partial charge in [0.15, 0.2) is 0 Å². The van der Waals surface area contributed by atoms with Crippen LogP contribution >= 0.6 is 0 Å². The second-order valence-corrected chi connectivity index (χ2v) is 4.81. The molecule has 16 heavy (non-hydrogen) atoms. The van der Waals surface area contributed by atoms with Gasteiger partial charge in [0.25, 0.3) is 0 Å². The molecule has 0 heterocycles. The lowest BCUT2D eigenvalue weighted by Crippen LogP contribution is -2.43. The molecule has 0 fully saturated rings. The van der Waals surface area contributed by atoms with Crippen molar-refractivity contribution in [2.75, 3.05) is 13.1 Å². The highest BCUT2D eigenvalue weighted by atomic mass is 15.2. The van der Waals surface area contributed by atoms with Crippen LogP contribution in [0.25, 0.3) is 0 Å². The monoisotopic (exact) mass is 228 g/mol. The van der Waals surface area contributed by atoms with Crippen LogP contribution in [-0.4, -0.2) is 24.2 Å². The molecule has 0 bridgehead atoms. The summed E-state index contributed by atoms with van der Waals surface area (Å²) >= 11 is 0. The summed E-state index contributed by atoms with van der Waals surface area (Å²) in [5.41, 5.74) is 6.27. The van der Waals surface area contributed by atoms with Gasteiger partial charge in [-0.25, -0.2) is 0 Å². The van der Waals surface area contributed by atoms with Crippen LogP contribution in [0.5, 0.6) is 0 Å². The van der Waals surface area contributed by atoms with Gasteiger partial charge >= 0.3 is 0 Å². The lowest BCUT2D eigenvalue weighted by atomic mass is 10.1. The molecule has 0 aliphatic carbocycles. The van der Waals surface area contributed by atoms with E-state index in [1.807, 2.05) is 0 Å². The van der Waals surface area contributed by atoms with E-state index in [4.69, 9.17) is 5.73 Å². The summed E-state index contributed by atoms with van der Waals surface area (Å²) in [6, 6.07) is 0. The molecule has 0 aromatic carbocycles. The lowest BCUT2D eigenvalue weighted by molar-refractivity contribution is 0.181. The molecule has 0 aliphatic rings. The minimum Gasteiger partial charge on any atom is -0.316 e. The number of unbranched alkanes of at least 4 members (excludes halogenated alkanes) is 4. The Balaban J connectivity index is 3.83. The fourth-order valence-electron chi connectivity index (χ4n) is 1.95. The molecule has 0 saturated carbocycles. The van der Waals surface area contributed by atoms with Crippen molar-refractivity contribution in [3.8, 4) is 0 Å². The Morgan fingerprint density at radius 3 is 1.75 bits per heavy atom. The quantitative estimate of drug-likeness (QED) is 0.431. The van der Waals surface area contributed by atoms with E-state index in [-0.39, 0.29) is 0 Å². The highest BCUT2D eigenvalue weighted by Crippen LogP contribution is 2.08. The van der Waals surface area contributed by atoms with E-state index in [2.05, 4.69) is 25.7 Å². The summed E-state index contributed by atoms with van der Waals surface area (Å²) in [4.78, 5) is 2.49. The number of nitrogens with two attached hydrogens (primary N) is 1. The van der Waals surface area contributed by atoms with E-state index in [9.17, 15) is 0 Å². The molecule has 0 spiro atoms. The van der Waals surface area contributed by atoms with Gasteiger partial charge in [0, 0.05) is 0 Å². The smallest absolute Gasteiger partial charge is 0.0571 e. The van der Waals surface area contributed by atoms with E-state index in [0.717, 1.165) is 0 Å². The van der Waals surface area contributed by atoms with Crippen molar-refractivity contribution in [1.82, 2.24) is 4.90 Å². The second kappa shape index (κ2) is 11.4. The maximum absolute atomic E-state index is 6.27. The third kappa shape index (κ3) is 8.12. The number of hydrogen-bond donors (Lipinski definition) is 1. The Bertz CT molecular complexity index is 129. The standard InChI is InChI=1S/C14H32N2/c1-4-7-10-11-14(15)16(12-8-5-2)13-9-6-3/h14H,4-13,15H2,1-3H3. The van der Waals surface area contributed by atoms with Gasteiger partial charge in [-0.05, 0) is 32.4 Å². The summed E-state index contributed by atoms with van der Waals surface area (Å²) in [5.74, 6) is 0. The molecule has 1 unspecified atom stereocenters. The first-order valence-corrected chi connectivity index (χ1v) is 7.25. The topological polar surface area (TPSA) is 29.3 Å². The molecule has 0 aromatic heterocycles. The van der Waals surface area contributed by atoms with E-state index in [1.54, 1.807) is 0 Å². The van der Waals surface area contributed by atoms with Crippen molar-refractivity contribution in [2.24, 2.45) is 5.73 Å². The summed E-state index contributed by atoms with van der Waals surface area (Å²) < 4.78 is 0. The van der Waals surface area contributed by atoms with Crippen LogP contribution in [-0.2, 0) is 0 Å². The highest BCUT2D eigenvalue weighted by molar-refractivity contribution is 4.66. The van der Waals surface area contributed by atoms with Gasteiger partial charge in [0.2, 0.25) is 0 Å². The van der Waals surface area contributed by atoms with E-state index < -0.39 is 0 Å². The van der Waals surface area contributed by atoms with E-state index >= 15 is 0 Å². The summed E-state index contributed by atoms with van der Waals surface area (Å²) in [6.45, 7) is 9.12. The Morgan fingerprint density at radius 2 is 1.31 bits per heavy atom. The van der Waals surface area contributed by atoms with Crippen LogP contribution in [0.15, 0.2) is 0 Å². The molecule has 0 aliphatic heterocycles. The zero-order valence-electron chi connectivity index (χ0n) is 11.7. The third-order valence-corrected chi connectivity index (χ3v) is 3.17. The van der Waals surface area contributed by atoms with Crippen LogP contribution in [0.1, 0.15) is 72.1 Å². The Labute approximate surface area is 103 Å². The molecule has 2 heteroatoms. The summed E-state index contributed by atoms with van der Waals surface area (Å²) in [7, 11) is 0. The average Bonchev–Trinajstić information content (AvgIpc) is 2.29. The normalized spacial score (nSPS) is 13.3. The van der Waals surface area contributed by atoms with Crippen molar-refractivity contribution >= 4 is 0 Å². The largest absolute Gasteiger partial charge is 0.316 e. The van der Waals surface area contributed by atoms with Gasteiger partial charge in [-0.2, -0.15) is 0 Å². The number of hydrogen-bond acceptors (Lipinski definition) is 2. The molecule has 98 valence electrons. The summed E-state index contributed by atoms with van der Waals surface area (Å²) in [6.07, 6.45) is 10.5. The van der Waals surface area contributed by atoms with Crippen LogP contribution in [0.2, 0.25) is 0 Å². The van der Waals surface area contributed by atoms with Gasteiger partial charge in [-0.3, -0.25) is 4.90 Å². The SMILES string of the molecule is CCCCCC(N)N(CCCC)CCCC. The van der Waals surface area contributed by atoms with E-state index in [0.29, 0.717) is 6.17 Å². The van der Waals surface area contributed by atoms with E-state index in [1.165, 1.54) is 64.5 Å². The number of rotatable bonds is 11. The fourth-order valence-corrected chi connectivity index (χ4v) is 1.95. The van der Waals surface area contributed by atoms with Crippen LogP contribution in [0, 0.1) is 0 Å². The maximum atomic E-state index is 6.27. The van der Waals surface area contributed by atoms with Gasteiger partial charge in [0.05, 0.1) is 6.17 Å². The fraction of sp³-hybridized carbons (Fsp3) is 1.00. The highest BCUT2D eigenvalue weighted by Gasteiger charge is 2.12. The van der Waals surface area contributed by atoms with Crippen molar-refractivity contribution in [3.63, 3.8) is 0 Å². The first kappa shape index (κ1) is 15.9. The molecule has 0 radical (unpaired) electrons. The minimum absolute atomic E-state index is 0.296. The van der Waals surface area contributed by atoms with Gasteiger partial charge in [-0.1, -0.05) is 52.9 Å². The Morgan fingerprint density at radius 1 is 0.812 bits per heavy atom. The van der Waals surface area contributed by atoms with Crippen molar-refractivity contribution < 1.29 is 0 Å². The van der Waals surface area contributed by atoms with Crippen molar-refractivity contribution in [2.45, 2.75) is 78.3 Å². The minimum atomic E-state index is 0.296. The molecular weight excluding hydrogens is 196 g/mol. The zero-order chi connectivity index (χ0) is 12.2. The molecule has 0 saturated heterocycles. The van der Waals surface area contributed by atoms with Crippen molar-refractivity contribution in [3.05, 3.63) is 0 Å². The molecule has 0 rings (SSSR count). The maximum Gasteiger partial charge on any atom is 0.0571 e. The van der Waals surface area contributed by atoms with Gasteiger partial charge < -0.3 is 5.73 Å². The Kier molecular flexibility index (Phi) is 11.3. The third-order valence-electron chi connectivity index (χ3n) is 3.17. The van der Waals surface area contributed by atoms with Crippen LogP contribution in [0.3, 0.4) is 0 Å². The molecule has 0 amide bonds. The van der Waals surface area contributed by atoms with Gasteiger partial charge in [-0.15, -0.1) is 0 Å². The second-order valence-electron chi connectivity index (χ2n) is 4.81. The van der Waals surface area contributed by atoms with Gasteiger partial charge in [0.1, 0.15) is 0 Å². The molecule has 2 N–H and O–H groups in total. The molecular formula is C14H32N2. The first-order valence-electron chi connectivity index (χ1n) is 7.25. The van der Waals surface area contributed by atoms with Crippen LogP contribution in [0.4, 0.5) is 0 Å². The molecule has 0 aromatic rings. The van der Waals surface area contributed by atoms with Crippen molar-refractivity contribution in [1.29, 1.82) is 0 Å². The lowest BCUT2D eigenvalue weighted by Gasteiger charge is -2.28. The Hall–Kier alpha value is -0.0800. The predicted octanol–water partition coefficient (Wildman–Crippen LogP) is 3.75. The predicted molar refractivity (Wildman–Crippen MR) is 73.5 cm³/mol. The molecule has 2 nitrogen and oxygen atoms in total. The summed E-state index contributed by atoms with van der Waals surface area (Å²) in [5, 5.41) is 0. The number of nitrogens with zero attached hydrogens (tertiary/aromatic N) is 1. The first-order chi connectivity index (χ1) is 7.76. The zero-order valence-corrected chi connectivity index (χ0v) is 11.7. The average molecular weight is 228 g/mol. The van der Waals surface area contributed by atoms with Crippen LogP contribution < -0.4 is 5.73 Å².